The van der Waals surface area contributed by atoms with Crippen LogP contribution in [0.15, 0.2) is 10.3 Å². The molecule has 5 heteroatoms. The van der Waals surface area contributed by atoms with Crippen LogP contribution in [0.1, 0.15) is 0 Å². The second-order valence-corrected chi connectivity index (χ2v) is 0.529. The zero-order valence-electron chi connectivity index (χ0n) is 3.26. The quantitative estimate of drug-likeness (QED) is 0.235. The first-order chi connectivity index (χ1) is 2.91. The van der Waals surface area contributed by atoms with E-state index in [2.05, 4.69) is 10.3 Å². The van der Waals surface area contributed by atoms with E-state index >= 15 is 0 Å². The summed E-state index contributed by atoms with van der Waals surface area (Å²) in [5.74, 6) is 0. The average molecular weight is 147 g/mol. The van der Waals surface area contributed by atoms with Crippen LogP contribution in [-0.4, -0.2) is 22.8 Å². The van der Waals surface area contributed by atoms with Crippen molar-refractivity contribution in [2.75, 3.05) is 0 Å². The molecule has 0 radical (unpaired) electrons. The second-order valence-electron chi connectivity index (χ2n) is 0.529. The molecule has 0 saturated heterocycles. The summed E-state index contributed by atoms with van der Waals surface area (Å²) in [5.41, 5.74) is 0. The number of hydrogen-bond acceptors (Lipinski definition) is 4. The molecule has 0 heterocycles. The molecule has 0 amide bonds. The second kappa shape index (κ2) is 9.06. The van der Waals surface area contributed by atoms with Crippen molar-refractivity contribution in [3.63, 3.8) is 0 Å². The molecule has 44 valence electrons. The van der Waals surface area contributed by atoms with Crippen LogP contribution in [0.3, 0.4) is 0 Å². The summed E-state index contributed by atoms with van der Waals surface area (Å²) in [7, 11) is 0. The molecule has 0 aromatic rings. The molecule has 7 heavy (non-hydrogen) atoms. The Morgan fingerprint density at radius 3 is 1.43 bits per heavy atom. The average Bonchev–Trinajstić information content (AvgIpc) is 1.61. The van der Waals surface area contributed by atoms with Crippen LogP contribution in [0.4, 0.5) is 0 Å². The van der Waals surface area contributed by atoms with Crippen LogP contribution in [-0.2, 0) is 16.5 Å². The molecule has 0 rings (SSSR count). The van der Waals surface area contributed by atoms with E-state index in [1.807, 2.05) is 0 Å². The molecule has 0 spiro atoms. The molecule has 0 aliphatic heterocycles. The van der Waals surface area contributed by atoms with Crippen molar-refractivity contribution in [2.24, 2.45) is 10.3 Å². The van der Waals surface area contributed by atoms with Gasteiger partial charge in [0.05, 0.1) is 12.4 Å². The van der Waals surface area contributed by atoms with Gasteiger partial charge in [0.25, 0.3) is 0 Å². The van der Waals surface area contributed by atoms with Crippen molar-refractivity contribution in [3.8, 4) is 0 Å². The summed E-state index contributed by atoms with van der Waals surface area (Å²) in [6.45, 7) is 0. The Hall–Kier alpha value is -0.566. The van der Waals surface area contributed by atoms with Crippen molar-refractivity contribution in [2.45, 2.75) is 0 Å². The number of rotatable bonds is 1. The van der Waals surface area contributed by atoms with Gasteiger partial charge in [0, 0.05) is 16.5 Å². The fourth-order valence-electron chi connectivity index (χ4n) is 0.0596. The Morgan fingerprint density at radius 1 is 1.00 bits per heavy atom. The first-order valence-corrected chi connectivity index (χ1v) is 1.25. The van der Waals surface area contributed by atoms with E-state index in [4.69, 9.17) is 10.4 Å². The van der Waals surface area contributed by atoms with E-state index in [9.17, 15) is 0 Å². The van der Waals surface area contributed by atoms with Gasteiger partial charge in [0.2, 0.25) is 0 Å². The van der Waals surface area contributed by atoms with Crippen molar-refractivity contribution < 1.29 is 26.9 Å². The minimum atomic E-state index is 0. The maximum absolute atomic E-state index is 7.56. The number of hydrogen-bond donors (Lipinski definition) is 2. The Labute approximate surface area is 50.4 Å². The molecule has 0 aromatic heterocycles. The summed E-state index contributed by atoms with van der Waals surface area (Å²) in [5, 5.41) is 20.1. The Bertz CT molecular complexity index is 62.1. The fraction of sp³-hybridized carbons (Fsp3) is 0. The third-order valence-corrected chi connectivity index (χ3v) is 0.200. The summed E-state index contributed by atoms with van der Waals surface area (Å²) < 4.78 is 0. The molecule has 0 atom stereocenters. The molecular weight excluding hydrogens is 143 g/mol. The third-order valence-electron chi connectivity index (χ3n) is 0.200. The van der Waals surface area contributed by atoms with Crippen LogP contribution in [0.2, 0.25) is 0 Å². The summed E-state index contributed by atoms with van der Waals surface area (Å²) in [6.07, 6.45) is 1.89. The first-order valence-electron chi connectivity index (χ1n) is 1.25. The van der Waals surface area contributed by atoms with Gasteiger partial charge in [-0.2, -0.15) is 0 Å². The summed E-state index contributed by atoms with van der Waals surface area (Å²) >= 11 is 0. The minimum absolute atomic E-state index is 0. The molecule has 0 bridgehead atoms. The van der Waals surface area contributed by atoms with Crippen molar-refractivity contribution >= 4 is 12.4 Å². The zero-order valence-corrected chi connectivity index (χ0v) is 4.25. The van der Waals surface area contributed by atoms with Gasteiger partial charge in [-0.1, -0.05) is 10.3 Å². The van der Waals surface area contributed by atoms with Crippen molar-refractivity contribution in [3.05, 3.63) is 0 Å². The summed E-state index contributed by atoms with van der Waals surface area (Å²) in [4.78, 5) is 0. The van der Waals surface area contributed by atoms with Crippen LogP contribution >= 0.6 is 0 Å². The van der Waals surface area contributed by atoms with Crippen molar-refractivity contribution in [1.29, 1.82) is 0 Å². The van der Waals surface area contributed by atoms with Gasteiger partial charge >= 0.3 is 0 Å². The van der Waals surface area contributed by atoms with Crippen LogP contribution < -0.4 is 0 Å². The Kier molecular flexibility index (Phi) is 12.5. The molecule has 0 fully saturated rings. The number of oxime groups is 2. The third kappa shape index (κ3) is 10.8. The number of nitrogens with zero attached hydrogens (tertiary/aromatic N) is 2. The monoisotopic (exact) mass is 146 g/mol. The first kappa shape index (κ1) is 9.66. The molecule has 0 saturated carbocycles. The summed E-state index contributed by atoms with van der Waals surface area (Å²) in [6, 6.07) is 0. The fourth-order valence-corrected chi connectivity index (χ4v) is 0.0596. The van der Waals surface area contributed by atoms with Gasteiger partial charge in [-0.05, 0) is 0 Å². The Morgan fingerprint density at radius 2 is 1.29 bits per heavy atom. The minimum Gasteiger partial charge on any atom is -0.411 e. The van der Waals surface area contributed by atoms with E-state index in [1.54, 1.807) is 0 Å². The van der Waals surface area contributed by atoms with E-state index in [1.165, 1.54) is 0 Å². The standard InChI is InChI=1S/C2H4N2O2.Ni/c5-3-1-2-4-6;/h1-2,5-6H;/b3-1+,4-2+;. The molecule has 4 nitrogen and oxygen atoms in total. The van der Waals surface area contributed by atoms with Gasteiger partial charge < -0.3 is 10.4 Å². The van der Waals surface area contributed by atoms with Crippen LogP contribution in [0.5, 0.6) is 0 Å². The molecule has 0 aliphatic rings. The van der Waals surface area contributed by atoms with Gasteiger partial charge in [-0.25, -0.2) is 0 Å². The molecule has 0 aromatic carbocycles. The van der Waals surface area contributed by atoms with Crippen molar-refractivity contribution in [1.82, 2.24) is 0 Å². The van der Waals surface area contributed by atoms with E-state index in [-0.39, 0.29) is 16.5 Å². The zero-order chi connectivity index (χ0) is 4.83. The molecular formula is C2H4N2NiO2. The molecule has 0 aliphatic carbocycles. The van der Waals surface area contributed by atoms with Gasteiger partial charge in [0.1, 0.15) is 0 Å². The normalized spacial score (nSPS) is 9.71. The van der Waals surface area contributed by atoms with E-state index in [0.29, 0.717) is 0 Å². The topological polar surface area (TPSA) is 65.2 Å². The predicted octanol–water partition coefficient (Wildman–Crippen LogP) is -0.0961. The Balaban J connectivity index is 0. The van der Waals surface area contributed by atoms with Gasteiger partial charge in [0.15, 0.2) is 0 Å². The smallest absolute Gasteiger partial charge is 0.0877 e. The van der Waals surface area contributed by atoms with E-state index < -0.39 is 0 Å². The maximum atomic E-state index is 7.56. The molecule has 2 N–H and O–H groups in total. The SMILES string of the molecule is O/N=C/C=N/O.[Ni]. The van der Waals surface area contributed by atoms with Crippen LogP contribution in [0, 0.1) is 0 Å². The predicted molar refractivity (Wildman–Crippen MR) is 20.6 cm³/mol. The molecule has 0 unspecified atom stereocenters. The van der Waals surface area contributed by atoms with Gasteiger partial charge in [-0.3, -0.25) is 0 Å². The maximum Gasteiger partial charge on any atom is 0.0877 e. The van der Waals surface area contributed by atoms with Gasteiger partial charge in [-0.15, -0.1) is 0 Å². The van der Waals surface area contributed by atoms with Crippen LogP contribution in [0.25, 0.3) is 0 Å². The largest absolute Gasteiger partial charge is 0.411 e. The van der Waals surface area contributed by atoms with E-state index in [0.717, 1.165) is 12.4 Å².